The first-order valence-corrected chi connectivity index (χ1v) is 29.1. The Kier molecular flexibility index (Phi) is 22.7. The number of hydrogen-bond donors (Lipinski definition) is 0. The van der Waals surface area contributed by atoms with E-state index >= 15 is 0 Å². The Labute approximate surface area is 286 Å². The van der Waals surface area contributed by atoms with Gasteiger partial charge in [-0.3, -0.25) is 0 Å². The molecule has 0 saturated carbocycles. The third kappa shape index (κ3) is 22.1. The van der Waals surface area contributed by atoms with E-state index < -0.39 is 25.2 Å². The van der Waals surface area contributed by atoms with Crippen molar-refractivity contribution < 1.29 is 12.8 Å². The Bertz CT molecular complexity index is 845. The molecule has 0 spiro atoms. The normalized spacial score (nSPS) is 12.8. The molecule has 0 aliphatic rings. The highest BCUT2D eigenvalue weighted by Gasteiger charge is 2.38. The molecule has 0 N–H and O–H groups in total. The topological polar surface area (TPSA) is 22.3 Å². The Morgan fingerprint density at radius 2 is 0.889 bits per heavy atom. The minimum Gasteiger partial charge on any atom is -0.437 e. The molecule has 0 fully saturated rings. The van der Waals surface area contributed by atoms with E-state index in [1.807, 2.05) is 0 Å². The quantitative estimate of drug-likeness (QED) is 0.0478. The summed E-state index contributed by atoms with van der Waals surface area (Å²) < 4.78 is 16.3. The summed E-state index contributed by atoms with van der Waals surface area (Å²) in [4.78, 5) is 0. The summed E-state index contributed by atoms with van der Waals surface area (Å²) in [6, 6.07) is 6.46. The van der Waals surface area contributed by atoms with Crippen LogP contribution in [-0.4, -0.2) is 25.2 Å². The summed E-state index contributed by atoms with van der Waals surface area (Å²) in [6.07, 6.45) is 29.7. The molecule has 0 aliphatic heterocycles. The van der Waals surface area contributed by atoms with Crippen molar-refractivity contribution >= 4 is 25.2 Å². The Hall–Kier alpha value is -0.279. The van der Waals surface area contributed by atoms with E-state index in [-0.39, 0.29) is 0 Å². The molecule has 0 atom stereocenters. The molecule has 0 unspecified atom stereocenters. The minimum absolute atomic E-state index is 1.14. The molecule has 1 aromatic rings. The van der Waals surface area contributed by atoms with E-state index in [9.17, 15) is 0 Å². The fraction of sp³-hybridized carbons (Fsp3) is 0.872. The van der Waals surface area contributed by atoms with Crippen molar-refractivity contribution in [2.24, 2.45) is 0 Å². The maximum atomic E-state index is 6.90. The smallest absolute Gasteiger partial charge is 0.311 e. The van der Waals surface area contributed by atoms with Crippen molar-refractivity contribution in [1.29, 1.82) is 0 Å². The fourth-order valence-electron chi connectivity index (χ4n) is 7.08. The molecule has 264 valence electrons. The molecule has 45 heavy (non-hydrogen) atoms. The van der Waals surface area contributed by atoms with Crippen LogP contribution in [0.4, 0.5) is 0 Å². The maximum Gasteiger partial charge on any atom is 0.311 e. The molecule has 1 aromatic heterocycles. The molecule has 0 saturated heterocycles. The number of nitrogens with zero attached hydrogens (tertiary/aromatic N) is 1. The van der Waals surface area contributed by atoms with E-state index in [1.165, 1.54) is 147 Å². The fourth-order valence-corrected chi connectivity index (χ4v) is 20.3. The van der Waals surface area contributed by atoms with Gasteiger partial charge in [0.1, 0.15) is 6.54 Å². The van der Waals surface area contributed by atoms with Gasteiger partial charge < -0.3 is 8.23 Å². The van der Waals surface area contributed by atoms with Gasteiger partial charge in [-0.05, 0) is 83.1 Å². The lowest BCUT2D eigenvalue weighted by Gasteiger charge is -2.37. The third-order valence-electron chi connectivity index (χ3n) is 9.02. The highest BCUT2D eigenvalue weighted by Crippen LogP contribution is 2.24. The van der Waals surface area contributed by atoms with E-state index in [1.54, 1.807) is 17.0 Å². The first kappa shape index (κ1) is 42.7. The maximum absolute atomic E-state index is 6.90. The molecular formula is C39H80NO2Si3+. The Morgan fingerprint density at radius 3 is 1.31 bits per heavy atom. The molecule has 0 aromatic carbocycles. The van der Waals surface area contributed by atoms with Crippen LogP contribution >= 0.6 is 0 Å². The van der Waals surface area contributed by atoms with Crippen molar-refractivity contribution in [2.45, 2.75) is 220 Å². The zero-order chi connectivity index (χ0) is 33.6. The molecule has 0 bridgehead atoms. The third-order valence-corrected chi connectivity index (χ3v) is 19.2. The summed E-state index contributed by atoms with van der Waals surface area (Å²) >= 11 is 0. The highest BCUT2D eigenvalue weighted by atomic mass is 28.5. The number of rotatable bonds is 29. The Morgan fingerprint density at radius 1 is 0.489 bits per heavy atom. The zero-order valence-corrected chi connectivity index (χ0v) is 35.4. The van der Waals surface area contributed by atoms with Gasteiger partial charge in [0.15, 0.2) is 28.0 Å². The van der Waals surface area contributed by atoms with Crippen LogP contribution in [0.1, 0.15) is 160 Å². The van der Waals surface area contributed by atoms with Crippen LogP contribution < -0.4 is 4.57 Å². The second-order valence-electron chi connectivity index (χ2n) is 16.1. The Balaban J connectivity index is 3.10. The average molecular weight is 679 g/mol. The SMILES string of the molecule is CCCCCCCCc1cc(CCCCCCCC)[n+](CCC[Si](C)(C)O[Si](C)(C)O[Si](C)(C)C)c(CCCCCCCC)c1. The lowest BCUT2D eigenvalue weighted by Crippen LogP contribution is -2.51. The van der Waals surface area contributed by atoms with Crippen LogP contribution in [0.15, 0.2) is 12.1 Å². The van der Waals surface area contributed by atoms with E-state index in [4.69, 9.17) is 8.23 Å². The summed E-state index contributed by atoms with van der Waals surface area (Å²) in [6.45, 7) is 24.4. The predicted molar refractivity (Wildman–Crippen MR) is 208 cm³/mol. The lowest BCUT2D eigenvalue weighted by atomic mass is 9.99. The average Bonchev–Trinajstić information content (AvgIpc) is 2.93. The van der Waals surface area contributed by atoms with Crippen LogP contribution in [0.5, 0.6) is 0 Å². The van der Waals surface area contributed by atoms with Gasteiger partial charge in [-0.1, -0.05) is 117 Å². The van der Waals surface area contributed by atoms with Crippen molar-refractivity contribution in [3.05, 3.63) is 29.1 Å². The number of aromatic nitrogens is 1. The van der Waals surface area contributed by atoms with Crippen molar-refractivity contribution in [3.63, 3.8) is 0 Å². The van der Waals surface area contributed by atoms with E-state index in [0.29, 0.717) is 0 Å². The van der Waals surface area contributed by atoms with Gasteiger partial charge in [-0.2, -0.15) is 4.57 Å². The van der Waals surface area contributed by atoms with Crippen molar-refractivity contribution in [2.75, 3.05) is 0 Å². The standard InChI is InChI=1S/C39H80NO2Si3/c1-11-14-17-20-23-26-30-37-35-38(31-27-24-21-18-15-12-2)40(39(36-37)32-28-25-22-19-16-13-3)33-29-34-44(7,8)42-45(9,10)41-43(4,5)6/h35-36H,11-34H2,1-10H3/q+1. The summed E-state index contributed by atoms with van der Waals surface area (Å²) in [5, 5.41) is 0. The molecule has 3 nitrogen and oxygen atoms in total. The van der Waals surface area contributed by atoms with Crippen LogP contribution in [0.2, 0.25) is 51.9 Å². The van der Waals surface area contributed by atoms with Crippen molar-refractivity contribution in [3.8, 4) is 0 Å². The number of hydrogen-bond acceptors (Lipinski definition) is 2. The molecular weight excluding hydrogens is 599 g/mol. The lowest BCUT2D eigenvalue weighted by molar-refractivity contribution is -0.711. The van der Waals surface area contributed by atoms with Gasteiger partial charge in [0.2, 0.25) is 0 Å². The van der Waals surface area contributed by atoms with Gasteiger partial charge in [-0.25, -0.2) is 0 Å². The van der Waals surface area contributed by atoms with Crippen molar-refractivity contribution in [1.82, 2.24) is 0 Å². The molecule has 1 heterocycles. The van der Waals surface area contributed by atoms with Crippen LogP contribution in [0.3, 0.4) is 0 Å². The molecule has 6 heteroatoms. The number of aryl methyl sites for hydroxylation is 3. The van der Waals surface area contributed by atoms with Gasteiger partial charge in [0, 0.05) is 31.4 Å². The van der Waals surface area contributed by atoms with Gasteiger partial charge in [0.25, 0.3) is 0 Å². The predicted octanol–water partition coefficient (Wildman–Crippen LogP) is 12.8. The molecule has 0 amide bonds. The highest BCUT2D eigenvalue weighted by molar-refractivity contribution is 6.87. The van der Waals surface area contributed by atoms with E-state index in [0.717, 1.165) is 6.54 Å². The van der Waals surface area contributed by atoms with Gasteiger partial charge in [-0.15, -0.1) is 0 Å². The van der Waals surface area contributed by atoms with Gasteiger partial charge in [0.05, 0.1) is 0 Å². The monoisotopic (exact) mass is 679 g/mol. The molecule has 0 aliphatic carbocycles. The summed E-state index contributed by atoms with van der Waals surface area (Å²) in [5.41, 5.74) is 4.84. The molecule has 0 radical (unpaired) electrons. The van der Waals surface area contributed by atoms with E-state index in [2.05, 4.69) is 83.3 Å². The summed E-state index contributed by atoms with van der Waals surface area (Å²) in [7, 11) is -5.52. The van der Waals surface area contributed by atoms with Gasteiger partial charge >= 0.3 is 8.56 Å². The van der Waals surface area contributed by atoms with Crippen LogP contribution in [0.25, 0.3) is 0 Å². The number of pyridine rings is 1. The summed E-state index contributed by atoms with van der Waals surface area (Å²) in [5.74, 6) is 0. The minimum atomic E-state index is -2.10. The largest absolute Gasteiger partial charge is 0.437 e. The zero-order valence-electron chi connectivity index (χ0n) is 32.4. The van der Waals surface area contributed by atoms with Crippen LogP contribution in [-0.2, 0) is 34.0 Å². The second kappa shape index (κ2) is 23.9. The van der Waals surface area contributed by atoms with Crippen LogP contribution in [0, 0.1) is 0 Å². The first-order chi connectivity index (χ1) is 21.3. The second-order valence-corrected chi connectivity index (χ2v) is 28.8. The first-order valence-electron chi connectivity index (χ1n) is 19.8. The molecule has 1 rings (SSSR count). The number of unbranched alkanes of at least 4 members (excludes halogenated alkanes) is 15.